The van der Waals surface area contributed by atoms with E-state index in [9.17, 15) is 4.79 Å². The van der Waals surface area contributed by atoms with Crippen LogP contribution in [0.3, 0.4) is 0 Å². The van der Waals surface area contributed by atoms with Crippen molar-refractivity contribution in [3.8, 4) is 0 Å². The summed E-state index contributed by atoms with van der Waals surface area (Å²) in [6.45, 7) is 2.23. The lowest BCUT2D eigenvalue weighted by molar-refractivity contribution is -0.121. The summed E-state index contributed by atoms with van der Waals surface area (Å²) in [7, 11) is 0. The number of aryl methyl sites for hydroxylation is 2. The number of H-pyrrole nitrogens is 1. The van der Waals surface area contributed by atoms with Crippen LogP contribution in [0.4, 0.5) is 0 Å². The molecule has 0 bridgehead atoms. The molecule has 0 aliphatic heterocycles. The summed E-state index contributed by atoms with van der Waals surface area (Å²) in [6.07, 6.45) is 1.05. The number of amides is 1. The van der Waals surface area contributed by atoms with Crippen molar-refractivity contribution in [3.63, 3.8) is 0 Å². The van der Waals surface area contributed by atoms with Crippen LogP contribution >= 0.6 is 11.6 Å². The van der Waals surface area contributed by atoms with E-state index in [-0.39, 0.29) is 12.5 Å². The number of nitrogens with one attached hydrogen (secondary N) is 2. The van der Waals surface area contributed by atoms with Gasteiger partial charge < -0.3 is 5.32 Å². The molecule has 6 nitrogen and oxygen atoms in total. The van der Waals surface area contributed by atoms with Crippen molar-refractivity contribution in [2.24, 2.45) is 0 Å². The molecule has 7 heteroatoms. The first-order chi connectivity index (χ1) is 9.15. The van der Waals surface area contributed by atoms with Crippen LogP contribution in [0.2, 0.25) is 5.02 Å². The van der Waals surface area contributed by atoms with E-state index in [0.717, 1.165) is 16.1 Å². The number of nitrogens with zero attached hydrogens (tertiary/aromatic N) is 3. The minimum atomic E-state index is -0.0542. The first-order valence-corrected chi connectivity index (χ1v) is 6.27. The molecule has 1 aromatic carbocycles. The predicted molar refractivity (Wildman–Crippen MR) is 70.5 cm³/mol. The zero-order chi connectivity index (χ0) is 13.7. The number of hydrogen-bond acceptors (Lipinski definition) is 4. The summed E-state index contributed by atoms with van der Waals surface area (Å²) in [5.74, 6) is 0.410. The normalized spacial score (nSPS) is 10.4. The third kappa shape index (κ3) is 4.03. The summed E-state index contributed by atoms with van der Waals surface area (Å²) in [6, 6.07) is 5.83. The number of halogens is 1. The number of hydrogen-bond donors (Lipinski definition) is 2. The maximum absolute atomic E-state index is 11.6. The van der Waals surface area contributed by atoms with Crippen molar-refractivity contribution in [1.29, 1.82) is 0 Å². The van der Waals surface area contributed by atoms with Gasteiger partial charge in [0.1, 0.15) is 0 Å². The highest BCUT2D eigenvalue weighted by Gasteiger charge is 2.05. The van der Waals surface area contributed by atoms with Gasteiger partial charge in [-0.05, 0) is 30.5 Å². The maximum atomic E-state index is 11.6. The Morgan fingerprint density at radius 3 is 3.00 bits per heavy atom. The third-order valence-electron chi connectivity index (χ3n) is 2.71. The molecule has 2 N–H and O–H groups in total. The molecule has 0 saturated heterocycles. The van der Waals surface area contributed by atoms with Gasteiger partial charge in [-0.15, -0.1) is 10.2 Å². The van der Waals surface area contributed by atoms with E-state index in [0.29, 0.717) is 18.7 Å². The smallest absolute Gasteiger partial charge is 0.220 e. The molecule has 0 fully saturated rings. The Bertz CT molecular complexity index is 555. The Morgan fingerprint density at radius 2 is 2.32 bits per heavy atom. The molecule has 0 spiro atoms. The van der Waals surface area contributed by atoms with Crippen molar-refractivity contribution >= 4 is 17.5 Å². The minimum absolute atomic E-state index is 0.0542. The van der Waals surface area contributed by atoms with Crippen molar-refractivity contribution in [2.45, 2.75) is 26.3 Å². The molecule has 0 atom stereocenters. The molecule has 1 heterocycles. The monoisotopic (exact) mass is 279 g/mol. The van der Waals surface area contributed by atoms with Gasteiger partial charge in [0.05, 0.1) is 6.54 Å². The van der Waals surface area contributed by atoms with Crippen LogP contribution in [0.25, 0.3) is 0 Å². The van der Waals surface area contributed by atoms with E-state index >= 15 is 0 Å². The van der Waals surface area contributed by atoms with Crippen LogP contribution in [0.15, 0.2) is 18.2 Å². The highest BCUT2D eigenvalue weighted by atomic mass is 35.5. The molecule has 2 aromatic rings. The molecule has 0 radical (unpaired) electrons. The number of carbonyl (C=O) groups is 1. The fourth-order valence-electron chi connectivity index (χ4n) is 1.57. The van der Waals surface area contributed by atoms with E-state index < -0.39 is 0 Å². The molecule has 0 saturated carbocycles. The van der Waals surface area contributed by atoms with Crippen LogP contribution in [-0.4, -0.2) is 26.5 Å². The summed E-state index contributed by atoms with van der Waals surface area (Å²) >= 11 is 6.03. The summed E-state index contributed by atoms with van der Waals surface area (Å²) < 4.78 is 0. The third-order valence-corrected chi connectivity index (χ3v) is 3.12. The number of aromatic nitrogens is 4. The number of aromatic amines is 1. The quantitative estimate of drug-likeness (QED) is 0.867. The minimum Gasteiger partial charge on any atom is -0.349 e. The van der Waals surface area contributed by atoms with Crippen molar-refractivity contribution in [2.75, 3.05) is 0 Å². The highest BCUT2D eigenvalue weighted by molar-refractivity contribution is 6.31. The van der Waals surface area contributed by atoms with E-state index in [1.165, 1.54) is 0 Å². The average molecular weight is 280 g/mol. The molecule has 0 aliphatic rings. The van der Waals surface area contributed by atoms with Gasteiger partial charge >= 0.3 is 0 Å². The van der Waals surface area contributed by atoms with E-state index in [1.807, 2.05) is 25.1 Å². The second-order valence-corrected chi connectivity index (χ2v) is 4.60. The highest BCUT2D eigenvalue weighted by Crippen LogP contribution is 2.17. The number of tetrazole rings is 1. The summed E-state index contributed by atoms with van der Waals surface area (Å²) in [5.41, 5.74) is 2.08. The lowest BCUT2D eigenvalue weighted by Crippen LogP contribution is -2.23. The average Bonchev–Trinajstić information content (AvgIpc) is 2.91. The van der Waals surface area contributed by atoms with Gasteiger partial charge in [-0.3, -0.25) is 4.79 Å². The fraction of sp³-hybridized carbons (Fsp3) is 0.333. The summed E-state index contributed by atoms with van der Waals surface area (Å²) in [5, 5.41) is 16.7. The molecule has 0 unspecified atom stereocenters. The number of rotatable bonds is 5. The fourth-order valence-corrected chi connectivity index (χ4v) is 1.78. The molecule has 0 aliphatic carbocycles. The zero-order valence-electron chi connectivity index (χ0n) is 10.5. The van der Waals surface area contributed by atoms with Crippen molar-refractivity contribution in [3.05, 3.63) is 40.2 Å². The van der Waals surface area contributed by atoms with E-state index in [2.05, 4.69) is 25.9 Å². The number of benzene rings is 1. The standard InChI is InChI=1S/C12H14ClN5O/c1-8-2-3-9(6-10(8)13)4-5-12(19)14-7-11-15-17-18-16-11/h2-3,6H,4-5,7H2,1H3,(H,14,19)(H,15,16,17,18). The molecule has 1 aromatic heterocycles. The Balaban J connectivity index is 1.78. The van der Waals surface area contributed by atoms with Gasteiger partial charge in [-0.25, -0.2) is 0 Å². The van der Waals surface area contributed by atoms with Crippen LogP contribution < -0.4 is 5.32 Å². The van der Waals surface area contributed by atoms with Gasteiger partial charge in [-0.1, -0.05) is 28.9 Å². The predicted octanol–water partition coefficient (Wildman–Crippen LogP) is 1.41. The van der Waals surface area contributed by atoms with E-state index in [1.54, 1.807) is 0 Å². The molecular formula is C12H14ClN5O. The second-order valence-electron chi connectivity index (χ2n) is 4.19. The van der Waals surface area contributed by atoms with Gasteiger partial charge in [0.15, 0.2) is 5.82 Å². The molecule has 2 rings (SSSR count). The number of carbonyl (C=O) groups excluding carboxylic acids is 1. The Hall–Kier alpha value is -1.95. The SMILES string of the molecule is Cc1ccc(CCC(=O)NCc2nn[nH]n2)cc1Cl. The lowest BCUT2D eigenvalue weighted by atomic mass is 10.1. The van der Waals surface area contributed by atoms with Crippen molar-refractivity contribution in [1.82, 2.24) is 25.9 Å². The second kappa shape index (κ2) is 6.29. The van der Waals surface area contributed by atoms with Gasteiger partial charge in [0.25, 0.3) is 0 Å². The Labute approximate surface area is 115 Å². The maximum Gasteiger partial charge on any atom is 0.220 e. The summed E-state index contributed by atoms with van der Waals surface area (Å²) in [4.78, 5) is 11.6. The van der Waals surface area contributed by atoms with Gasteiger partial charge in [0.2, 0.25) is 5.91 Å². The first kappa shape index (κ1) is 13.5. The zero-order valence-corrected chi connectivity index (χ0v) is 11.2. The van der Waals surface area contributed by atoms with Crippen molar-refractivity contribution < 1.29 is 4.79 Å². The van der Waals surface area contributed by atoms with Crippen LogP contribution in [0.1, 0.15) is 23.4 Å². The first-order valence-electron chi connectivity index (χ1n) is 5.89. The molecule has 19 heavy (non-hydrogen) atoms. The van der Waals surface area contributed by atoms with E-state index in [4.69, 9.17) is 11.6 Å². The van der Waals surface area contributed by atoms with Gasteiger partial charge in [0, 0.05) is 11.4 Å². The lowest BCUT2D eigenvalue weighted by Gasteiger charge is -2.04. The Morgan fingerprint density at radius 1 is 1.47 bits per heavy atom. The van der Waals surface area contributed by atoms with Crippen LogP contribution in [0.5, 0.6) is 0 Å². The largest absolute Gasteiger partial charge is 0.349 e. The molecular weight excluding hydrogens is 266 g/mol. The van der Waals surface area contributed by atoms with Crippen LogP contribution in [0, 0.1) is 6.92 Å². The topological polar surface area (TPSA) is 83.6 Å². The molecule has 100 valence electrons. The van der Waals surface area contributed by atoms with Crippen LogP contribution in [-0.2, 0) is 17.8 Å². The Kier molecular flexibility index (Phi) is 4.46. The van der Waals surface area contributed by atoms with Gasteiger partial charge in [-0.2, -0.15) is 5.21 Å². The molecule has 1 amide bonds.